The van der Waals surface area contributed by atoms with Gasteiger partial charge in [0.25, 0.3) is 5.91 Å². The molecule has 1 saturated heterocycles. The summed E-state index contributed by atoms with van der Waals surface area (Å²) in [7, 11) is 0. The van der Waals surface area contributed by atoms with Crippen LogP contribution in [-0.2, 0) is 14.3 Å². The maximum absolute atomic E-state index is 12.2. The van der Waals surface area contributed by atoms with Crippen LogP contribution in [0.4, 0.5) is 5.82 Å². The lowest BCUT2D eigenvalue weighted by Gasteiger charge is -2.18. The zero-order chi connectivity index (χ0) is 24.4. The van der Waals surface area contributed by atoms with Crippen LogP contribution in [0.2, 0.25) is 0 Å². The van der Waals surface area contributed by atoms with E-state index >= 15 is 0 Å². The number of likely N-dealkylation sites (N-methyl/N-ethyl adjacent to an activating group) is 1. The number of rotatable bonds is 5. The highest BCUT2D eigenvalue weighted by atomic mass is 16.6. The minimum Gasteiger partial charge on any atom is -0.387 e. The van der Waals surface area contributed by atoms with Gasteiger partial charge in [0.1, 0.15) is 23.5 Å². The van der Waals surface area contributed by atoms with E-state index in [9.17, 15) is 19.8 Å². The maximum Gasteiger partial charge on any atom is 0.252 e. The molecule has 0 bridgehead atoms. The van der Waals surface area contributed by atoms with Crippen molar-refractivity contribution < 1.29 is 24.5 Å². The molecule has 2 aromatic rings. The van der Waals surface area contributed by atoms with Crippen molar-refractivity contribution in [2.75, 3.05) is 12.3 Å². The number of nitrogens with two attached hydrogens (primary N) is 1. The van der Waals surface area contributed by atoms with Crippen molar-refractivity contribution in [2.45, 2.75) is 64.1 Å². The molecule has 2 aliphatic rings. The summed E-state index contributed by atoms with van der Waals surface area (Å²) in [6.07, 6.45) is 1.27. The fourth-order valence-electron chi connectivity index (χ4n) is 4.22. The van der Waals surface area contributed by atoms with Gasteiger partial charge in [-0.05, 0) is 39.0 Å². The Hall–Kier alpha value is -3.33. The number of nitrogens with one attached hydrogen (secondary N) is 1. The number of Topliss-reactive ketones (excluding diaryl/α,β-unsaturated/α-hetero) is 1. The number of hydrogen-bond acceptors (Lipinski definition) is 9. The average molecular weight is 469 g/mol. The summed E-state index contributed by atoms with van der Waals surface area (Å²) in [5, 5.41) is 23.4. The topological polar surface area (TPSA) is 165 Å². The van der Waals surface area contributed by atoms with E-state index in [1.165, 1.54) is 16.5 Å². The summed E-state index contributed by atoms with van der Waals surface area (Å²) in [6, 6.07) is 0. The molecular formula is C23H28N6O5. The number of carbonyl (C=O) groups excluding carboxylic acids is 2. The number of anilines is 1. The number of aliphatic hydroxyl groups is 2. The SMILES string of the molecule is CCNC(=O)[C@H]1O[C@@H](n2cnc3c(N)nc(C#CCC4=CC[C@@H](C(C)=O)CC4)nc32)[C@@H](O)C1O. The van der Waals surface area contributed by atoms with Crippen molar-refractivity contribution in [2.24, 2.45) is 5.92 Å². The van der Waals surface area contributed by atoms with Crippen molar-refractivity contribution >= 4 is 28.7 Å². The van der Waals surface area contributed by atoms with Gasteiger partial charge in [0.15, 0.2) is 23.8 Å². The van der Waals surface area contributed by atoms with Crippen molar-refractivity contribution in [3.63, 3.8) is 0 Å². The molecule has 4 rings (SSSR count). The Labute approximate surface area is 196 Å². The van der Waals surface area contributed by atoms with E-state index in [1.807, 2.05) is 0 Å². The molecule has 0 radical (unpaired) electrons. The molecule has 1 aliphatic carbocycles. The first-order chi connectivity index (χ1) is 16.3. The first-order valence-electron chi connectivity index (χ1n) is 11.3. The second-order valence-electron chi connectivity index (χ2n) is 8.50. The zero-order valence-electron chi connectivity index (χ0n) is 19.1. The molecule has 11 heteroatoms. The van der Waals surface area contributed by atoms with Gasteiger partial charge < -0.3 is 26.0 Å². The van der Waals surface area contributed by atoms with Crippen molar-refractivity contribution in [3.05, 3.63) is 23.8 Å². The fourth-order valence-corrected chi connectivity index (χ4v) is 4.22. The molecule has 0 saturated carbocycles. The summed E-state index contributed by atoms with van der Waals surface area (Å²) in [4.78, 5) is 36.5. The monoisotopic (exact) mass is 468 g/mol. The van der Waals surface area contributed by atoms with Crippen LogP contribution in [-0.4, -0.2) is 66.3 Å². The van der Waals surface area contributed by atoms with Gasteiger partial charge in [0.05, 0.1) is 6.33 Å². The molecule has 11 nitrogen and oxygen atoms in total. The molecular weight excluding hydrogens is 440 g/mol. The highest BCUT2D eigenvalue weighted by Crippen LogP contribution is 2.32. The van der Waals surface area contributed by atoms with Crippen LogP contribution in [0.25, 0.3) is 11.2 Å². The van der Waals surface area contributed by atoms with Crippen molar-refractivity contribution in [3.8, 4) is 11.8 Å². The Kier molecular flexibility index (Phi) is 6.92. The predicted molar refractivity (Wildman–Crippen MR) is 122 cm³/mol. The van der Waals surface area contributed by atoms with Gasteiger partial charge in [-0.1, -0.05) is 17.6 Å². The van der Waals surface area contributed by atoms with Crippen LogP contribution in [0.1, 0.15) is 51.6 Å². The number of hydrogen-bond donors (Lipinski definition) is 4. The number of carbonyl (C=O) groups is 2. The fraction of sp³-hybridized carbons (Fsp3) is 0.522. The number of fused-ring (bicyclic) bond motifs is 1. The van der Waals surface area contributed by atoms with Gasteiger partial charge in [-0.15, -0.1) is 0 Å². The summed E-state index contributed by atoms with van der Waals surface area (Å²) in [5.74, 6) is 6.06. The number of ketones is 1. The third kappa shape index (κ3) is 4.65. The normalized spacial score (nSPS) is 26.6. The van der Waals surface area contributed by atoms with Gasteiger partial charge >= 0.3 is 0 Å². The van der Waals surface area contributed by atoms with Gasteiger partial charge in [0.2, 0.25) is 5.82 Å². The molecule has 1 amide bonds. The largest absolute Gasteiger partial charge is 0.387 e. The maximum atomic E-state index is 12.2. The Morgan fingerprint density at radius 2 is 2.12 bits per heavy atom. The van der Waals surface area contributed by atoms with Crippen molar-refractivity contribution in [1.82, 2.24) is 24.8 Å². The number of nitrogen functional groups attached to an aromatic ring is 1. The zero-order valence-corrected chi connectivity index (χ0v) is 19.1. The van der Waals surface area contributed by atoms with Crippen LogP contribution in [0.5, 0.6) is 0 Å². The molecule has 3 heterocycles. The molecule has 180 valence electrons. The van der Waals surface area contributed by atoms with Crippen molar-refractivity contribution in [1.29, 1.82) is 0 Å². The summed E-state index contributed by atoms with van der Waals surface area (Å²) >= 11 is 0. The van der Waals surface area contributed by atoms with E-state index in [4.69, 9.17) is 10.5 Å². The summed E-state index contributed by atoms with van der Waals surface area (Å²) in [6.45, 7) is 3.73. The van der Waals surface area contributed by atoms with Gasteiger partial charge in [-0.3, -0.25) is 14.2 Å². The van der Waals surface area contributed by atoms with Crippen LogP contribution in [0.15, 0.2) is 18.0 Å². The first kappa shape index (κ1) is 23.8. The summed E-state index contributed by atoms with van der Waals surface area (Å²) in [5.41, 5.74) is 7.79. The van der Waals surface area contributed by atoms with Crippen LogP contribution >= 0.6 is 0 Å². The summed E-state index contributed by atoms with van der Waals surface area (Å²) < 4.78 is 7.07. The van der Waals surface area contributed by atoms with E-state index < -0.39 is 30.4 Å². The number of amides is 1. The van der Waals surface area contributed by atoms with Crippen LogP contribution in [0.3, 0.4) is 0 Å². The minimum atomic E-state index is -1.42. The van der Waals surface area contributed by atoms with Gasteiger partial charge in [-0.25, -0.2) is 15.0 Å². The molecule has 34 heavy (non-hydrogen) atoms. The van der Waals surface area contributed by atoms with Gasteiger partial charge in [-0.2, -0.15) is 0 Å². The standard InChI is InChI=1S/C23H28N6O5/c1-3-25-22(33)19-17(31)18(32)23(34-19)29-11-26-16-20(24)27-15(28-21(16)29)6-4-5-13-7-9-14(10-8-13)12(2)30/h7,11,14,17-19,23,31-32H,3,5,8-10H2,1-2H3,(H,25,33)(H2,24,27,28)/t14-,17?,18+,19+,23-/m1/s1. The average Bonchev–Trinajstić information content (AvgIpc) is 3.36. The lowest BCUT2D eigenvalue weighted by molar-refractivity contribution is -0.137. The number of aliphatic hydroxyl groups excluding tert-OH is 2. The number of ether oxygens (including phenoxy) is 1. The molecule has 5 N–H and O–H groups in total. The smallest absolute Gasteiger partial charge is 0.252 e. The number of imidazole rings is 1. The molecule has 2 aromatic heterocycles. The third-order valence-electron chi connectivity index (χ3n) is 6.17. The van der Waals surface area contributed by atoms with E-state index in [1.54, 1.807) is 13.8 Å². The van der Waals surface area contributed by atoms with E-state index in [-0.39, 0.29) is 29.0 Å². The number of allylic oxidation sites excluding steroid dienone is 2. The number of nitrogens with zero attached hydrogens (tertiary/aromatic N) is 4. The first-order valence-corrected chi connectivity index (χ1v) is 11.3. The van der Waals surface area contributed by atoms with E-state index in [2.05, 4.69) is 38.2 Å². The quantitative estimate of drug-likeness (QED) is 0.355. The van der Waals surface area contributed by atoms with E-state index in [0.29, 0.717) is 18.5 Å². The van der Waals surface area contributed by atoms with E-state index in [0.717, 1.165) is 19.3 Å². The van der Waals surface area contributed by atoms with Gasteiger partial charge in [0, 0.05) is 18.9 Å². The Bertz CT molecular complexity index is 1200. The predicted octanol–water partition coefficient (Wildman–Crippen LogP) is 0.221. The molecule has 1 fully saturated rings. The Morgan fingerprint density at radius 3 is 2.79 bits per heavy atom. The Balaban J connectivity index is 1.55. The highest BCUT2D eigenvalue weighted by molar-refractivity contribution is 5.83. The Morgan fingerprint density at radius 1 is 1.32 bits per heavy atom. The number of aromatic nitrogens is 4. The lowest BCUT2D eigenvalue weighted by atomic mass is 9.86. The second-order valence-corrected chi connectivity index (χ2v) is 8.50. The van der Waals surface area contributed by atoms with Crippen LogP contribution in [0, 0.1) is 17.8 Å². The molecule has 5 atom stereocenters. The molecule has 0 spiro atoms. The molecule has 1 aliphatic heterocycles. The highest BCUT2D eigenvalue weighted by Gasteiger charge is 2.47. The van der Waals surface area contributed by atoms with Crippen LogP contribution < -0.4 is 11.1 Å². The molecule has 1 unspecified atom stereocenters. The molecule has 0 aromatic carbocycles. The minimum absolute atomic E-state index is 0.0989. The second kappa shape index (κ2) is 9.89. The lowest BCUT2D eigenvalue weighted by Crippen LogP contribution is -2.42. The third-order valence-corrected chi connectivity index (χ3v) is 6.17.